The lowest BCUT2D eigenvalue weighted by Gasteiger charge is -2.26. The van der Waals surface area contributed by atoms with E-state index in [1.807, 2.05) is 24.3 Å². The molecule has 0 bridgehead atoms. The van der Waals surface area contributed by atoms with Crippen molar-refractivity contribution in [3.05, 3.63) is 29.8 Å². The molecule has 0 atom stereocenters. The van der Waals surface area contributed by atoms with E-state index in [0.717, 1.165) is 50.6 Å². The lowest BCUT2D eigenvalue weighted by atomic mass is 10.2. The van der Waals surface area contributed by atoms with Gasteiger partial charge in [0.05, 0.1) is 26.0 Å². The molecule has 0 aromatic heterocycles. The number of nitrogens with zero attached hydrogens (tertiary/aromatic N) is 2. The Kier molecular flexibility index (Phi) is 7.08. The molecular weight excluding hydrogens is 300 g/mol. The number of hydrogen-bond acceptors (Lipinski definition) is 5. The average Bonchev–Trinajstić information content (AvgIpc) is 2.53. The Bertz CT molecular complexity index is 504. The van der Waals surface area contributed by atoms with E-state index < -0.39 is 0 Å². The van der Waals surface area contributed by atoms with Crippen molar-refractivity contribution in [1.29, 1.82) is 0 Å². The summed E-state index contributed by atoms with van der Waals surface area (Å²) in [5.74, 6) is 0.834. The van der Waals surface area contributed by atoms with E-state index in [2.05, 4.69) is 27.6 Å². The van der Waals surface area contributed by atoms with Crippen LogP contribution in [-0.4, -0.2) is 55.7 Å². The molecule has 0 aliphatic carbocycles. The summed E-state index contributed by atoms with van der Waals surface area (Å²) in [6.45, 7) is 5.44. The van der Waals surface area contributed by atoms with Crippen molar-refractivity contribution in [2.24, 2.45) is 10.8 Å². The number of thiocarbonyl (C=S) groups is 1. The molecule has 1 heterocycles. The van der Waals surface area contributed by atoms with Gasteiger partial charge < -0.3 is 15.2 Å². The third kappa shape index (κ3) is 6.38. The fourth-order valence-corrected chi connectivity index (χ4v) is 2.21. The van der Waals surface area contributed by atoms with E-state index in [9.17, 15) is 0 Å². The molecule has 1 aliphatic heterocycles. The molecule has 0 saturated carbocycles. The summed E-state index contributed by atoms with van der Waals surface area (Å²) in [5.41, 5.74) is 8.75. The summed E-state index contributed by atoms with van der Waals surface area (Å²) in [5, 5.41) is 4.07. The van der Waals surface area contributed by atoms with Crippen molar-refractivity contribution in [3.8, 4) is 5.75 Å². The number of nitrogens with one attached hydrogen (secondary N) is 1. The smallest absolute Gasteiger partial charge is 0.184 e. The number of nitrogens with two attached hydrogens (primary N) is 1. The standard InChI is InChI=1S/C15H22N4O2S/c16-15(22)18-17-12-13-3-1-4-14(11-13)21-8-2-5-19-6-9-20-10-7-19/h1,3-4,11-12H,2,5-10H2,(H3,16,18,22). The molecular formula is C15H22N4O2S. The topological polar surface area (TPSA) is 72.1 Å². The Labute approximate surface area is 136 Å². The molecule has 6 nitrogen and oxygen atoms in total. The van der Waals surface area contributed by atoms with Gasteiger partial charge in [0.25, 0.3) is 0 Å². The minimum absolute atomic E-state index is 0.145. The highest BCUT2D eigenvalue weighted by Crippen LogP contribution is 2.12. The quantitative estimate of drug-likeness (QED) is 0.337. The van der Waals surface area contributed by atoms with Crippen molar-refractivity contribution in [3.63, 3.8) is 0 Å². The molecule has 1 saturated heterocycles. The van der Waals surface area contributed by atoms with Crippen LogP contribution < -0.4 is 15.9 Å². The SMILES string of the molecule is NC(=S)NN=Cc1cccc(OCCCN2CCOCC2)c1. The van der Waals surface area contributed by atoms with Gasteiger partial charge in [-0.05, 0) is 36.3 Å². The minimum atomic E-state index is 0.145. The van der Waals surface area contributed by atoms with Gasteiger partial charge in [0, 0.05) is 19.6 Å². The zero-order valence-corrected chi connectivity index (χ0v) is 13.3. The number of rotatable bonds is 7. The Hall–Kier alpha value is -1.70. The number of ether oxygens (including phenoxy) is 2. The molecule has 0 amide bonds. The van der Waals surface area contributed by atoms with Crippen LogP contribution in [0.3, 0.4) is 0 Å². The summed E-state index contributed by atoms with van der Waals surface area (Å²) in [6, 6.07) is 7.73. The maximum atomic E-state index is 5.77. The summed E-state index contributed by atoms with van der Waals surface area (Å²) in [4.78, 5) is 2.40. The molecule has 2 rings (SSSR count). The third-order valence-electron chi connectivity index (χ3n) is 3.24. The molecule has 1 aromatic rings. The second kappa shape index (κ2) is 9.34. The fraction of sp³-hybridized carbons (Fsp3) is 0.467. The number of hydrazone groups is 1. The average molecular weight is 322 g/mol. The second-order valence-electron chi connectivity index (χ2n) is 4.96. The van der Waals surface area contributed by atoms with Crippen LogP contribution in [0.1, 0.15) is 12.0 Å². The van der Waals surface area contributed by atoms with Gasteiger partial charge in [-0.2, -0.15) is 5.10 Å². The summed E-state index contributed by atoms with van der Waals surface area (Å²) >= 11 is 4.68. The van der Waals surface area contributed by atoms with E-state index in [4.69, 9.17) is 15.2 Å². The largest absolute Gasteiger partial charge is 0.494 e. The number of hydrogen-bond donors (Lipinski definition) is 2. The van der Waals surface area contributed by atoms with Crippen molar-refractivity contribution in [1.82, 2.24) is 10.3 Å². The van der Waals surface area contributed by atoms with Gasteiger partial charge in [0.2, 0.25) is 0 Å². The van der Waals surface area contributed by atoms with Crippen LogP contribution in [0.4, 0.5) is 0 Å². The maximum Gasteiger partial charge on any atom is 0.184 e. The molecule has 1 fully saturated rings. The highest BCUT2D eigenvalue weighted by atomic mass is 32.1. The fourth-order valence-electron chi connectivity index (χ4n) is 2.16. The monoisotopic (exact) mass is 322 g/mol. The first-order valence-corrected chi connectivity index (χ1v) is 7.76. The Morgan fingerprint density at radius 2 is 2.27 bits per heavy atom. The van der Waals surface area contributed by atoms with E-state index in [-0.39, 0.29) is 5.11 Å². The minimum Gasteiger partial charge on any atom is -0.494 e. The highest BCUT2D eigenvalue weighted by molar-refractivity contribution is 7.80. The van der Waals surface area contributed by atoms with Crippen LogP contribution in [0.2, 0.25) is 0 Å². The van der Waals surface area contributed by atoms with Gasteiger partial charge in [0.1, 0.15) is 5.75 Å². The normalized spacial score (nSPS) is 15.8. The summed E-state index contributed by atoms with van der Waals surface area (Å²) in [6.07, 6.45) is 2.65. The summed E-state index contributed by atoms with van der Waals surface area (Å²) < 4.78 is 11.1. The second-order valence-corrected chi connectivity index (χ2v) is 5.40. The molecule has 120 valence electrons. The first-order valence-electron chi connectivity index (χ1n) is 7.35. The zero-order valence-electron chi connectivity index (χ0n) is 12.5. The predicted octanol–water partition coefficient (Wildman–Crippen LogP) is 0.955. The number of morpholine rings is 1. The van der Waals surface area contributed by atoms with E-state index in [1.54, 1.807) is 6.21 Å². The Morgan fingerprint density at radius 3 is 3.05 bits per heavy atom. The first kappa shape index (κ1) is 16.7. The molecule has 0 unspecified atom stereocenters. The van der Waals surface area contributed by atoms with Crippen LogP contribution in [0.25, 0.3) is 0 Å². The van der Waals surface area contributed by atoms with Crippen molar-refractivity contribution < 1.29 is 9.47 Å². The Balaban J connectivity index is 1.70. The maximum absolute atomic E-state index is 5.77. The van der Waals surface area contributed by atoms with E-state index in [1.165, 1.54) is 0 Å². The van der Waals surface area contributed by atoms with Crippen LogP contribution >= 0.6 is 12.2 Å². The van der Waals surface area contributed by atoms with Crippen molar-refractivity contribution in [2.75, 3.05) is 39.5 Å². The molecule has 1 aromatic carbocycles. The molecule has 7 heteroatoms. The molecule has 0 spiro atoms. The van der Waals surface area contributed by atoms with Gasteiger partial charge in [-0.3, -0.25) is 10.3 Å². The lowest BCUT2D eigenvalue weighted by Crippen LogP contribution is -2.37. The van der Waals surface area contributed by atoms with Crippen molar-refractivity contribution >= 4 is 23.5 Å². The van der Waals surface area contributed by atoms with Gasteiger partial charge in [-0.15, -0.1) is 0 Å². The van der Waals surface area contributed by atoms with Crippen LogP contribution in [0.5, 0.6) is 5.75 Å². The van der Waals surface area contributed by atoms with E-state index >= 15 is 0 Å². The van der Waals surface area contributed by atoms with Crippen molar-refractivity contribution in [2.45, 2.75) is 6.42 Å². The van der Waals surface area contributed by atoms with Crippen LogP contribution in [-0.2, 0) is 4.74 Å². The lowest BCUT2D eigenvalue weighted by molar-refractivity contribution is 0.0358. The van der Waals surface area contributed by atoms with Crippen LogP contribution in [0.15, 0.2) is 29.4 Å². The highest BCUT2D eigenvalue weighted by Gasteiger charge is 2.09. The number of benzene rings is 1. The van der Waals surface area contributed by atoms with Gasteiger partial charge in [-0.1, -0.05) is 12.1 Å². The molecule has 3 N–H and O–H groups in total. The zero-order chi connectivity index (χ0) is 15.6. The van der Waals surface area contributed by atoms with Crippen LogP contribution in [0, 0.1) is 0 Å². The molecule has 22 heavy (non-hydrogen) atoms. The Morgan fingerprint density at radius 1 is 1.45 bits per heavy atom. The molecule has 0 radical (unpaired) electrons. The van der Waals surface area contributed by atoms with Gasteiger partial charge in [0.15, 0.2) is 5.11 Å². The third-order valence-corrected chi connectivity index (χ3v) is 3.33. The first-order chi connectivity index (χ1) is 10.7. The van der Waals surface area contributed by atoms with Gasteiger partial charge >= 0.3 is 0 Å². The summed E-state index contributed by atoms with van der Waals surface area (Å²) in [7, 11) is 0. The van der Waals surface area contributed by atoms with E-state index in [0.29, 0.717) is 6.61 Å². The van der Waals surface area contributed by atoms with Gasteiger partial charge in [-0.25, -0.2) is 0 Å². The predicted molar refractivity (Wildman–Crippen MR) is 91.3 cm³/mol. The molecule has 1 aliphatic rings.